The summed E-state index contributed by atoms with van der Waals surface area (Å²) in [6, 6.07) is 0. The van der Waals surface area contributed by atoms with Crippen molar-refractivity contribution in [1.82, 2.24) is 0 Å². The van der Waals surface area contributed by atoms with Crippen LogP contribution in [-0.2, 0) is 4.79 Å². The lowest BCUT2D eigenvalue weighted by molar-refractivity contribution is -0.153. The van der Waals surface area contributed by atoms with Crippen molar-refractivity contribution in [3.8, 4) is 0 Å². The van der Waals surface area contributed by atoms with E-state index in [4.69, 9.17) is 0 Å². The minimum Gasteiger partial charge on any atom is -0.392 e. The first-order chi connectivity index (χ1) is 10.1. The highest BCUT2D eigenvalue weighted by molar-refractivity contribution is 5.93. The van der Waals surface area contributed by atoms with Gasteiger partial charge in [0.25, 0.3) is 0 Å². The molecule has 0 aromatic heterocycles. The molecule has 3 aliphatic carbocycles. The molecule has 0 bridgehead atoms. The normalized spacial score (nSPS) is 49.2. The molecule has 0 heterocycles. The average molecular weight is 302 g/mol. The van der Waals surface area contributed by atoms with Crippen LogP contribution in [0, 0.1) is 28.1 Å². The third-order valence-corrected chi connectivity index (χ3v) is 7.27. The molecule has 0 aromatic rings. The second-order valence-corrected chi connectivity index (χ2v) is 8.71. The highest BCUT2D eigenvalue weighted by Gasteiger charge is 2.60. The monoisotopic (exact) mass is 302 g/mol. The van der Waals surface area contributed by atoms with Crippen LogP contribution in [0.3, 0.4) is 0 Å². The van der Waals surface area contributed by atoms with Crippen molar-refractivity contribution in [2.45, 2.75) is 66.4 Å². The van der Waals surface area contributed by atoms with E-state index in [0.29, 0.717) is 11.8 Å². The van der Waals surface area contributed by atoms with Crippen LogP contribution < -0.4 is 0 Å². The lowest BCUT2D eigenvalue weighted by Gasteiger charge is -2.59. The SMILES string of the molecule is CC1=CC2CCC3(C)C(=O)C(C)([C@H](C)O)C=CC3C2(C)CC1. The van der Waals surface area contributed by atoms with Crippen LogP contribution in [0.15, 0.2) is 23.8 Å². The first-order valence-corrected chi connectivity index (χ1v) is 8.74. The molecule has 3 rings (SSSR count). The van der Waals surface area contributed by atoms with Gasteiger partial charge in [-0.2, -0.15) is 0 Å². The van der Waals surface area contributed by atoms with Crippen molar-refractivity contribution in [2.75, 3.05) is 0 Å². The first kappa shape index (κ1) is 16.0. The van der Waals surface area contributed by atoms with Crippen LogP contribution in [-0.4, -0.2) is 17.0 Å². The van der Waals surface area contributed by atoms with E-state index in [1.807, 2.05) is 13.0 Å². The molecule has 1 fully saturated rings. The average Bonchev–Trinajstić information content (AvgIpc) is 2.45. The maximum absolute atomic E-state index is 13.3. The number of rotatable bonds is 1. The van der Waals surface area contributed by atoms with E-state index in [1.165, 1.54) is 12.0 Å². The third-order valence-electron chi connectivity index (χ3n) is 7.27. The Labute approximate surface area is 134 Å². The maximum atomic E-state index is 13.3. The Bertz CT molecular complexity index is 558. The molecule has 1 saturated carbocycles. The van der Waals surface area contributed by atoms with Gasteiger partial charge in [0.05, 0.1) is 11.5 Å². The predicted octanol–water partition coefficient (Wildman–Crippen LogP) is 4.29. The quantitative estimate of drug-likeness (QED) is 0.734. The number of fused-ring (bicyclic) bond motifs is 3. The molecule has 0 aliphatic heterocycles. The fourth-order valence-electron chi connectivity index (χ4n) is 5.41. The van der Waals surface area contributed by atoms with Gasteiger partial charge in [-0.25, -0.2) is 0 Å². The van der Waals surface area contributed by atoms with Crippen LogP contribution in [0.1, 0.15) is 60.3 Å². The van der Waals surface area contributed by atoms with Crippen LogP contribution in [0.5, 0.6) is 0 Å². The molecule has 6 atom stereocenters. The van der Waals surface area contributed by atoms with E-state index in [1.54, 1.807) is 6.92 Å². The summed E-state index contributed by atoms with van der Waals surface area (Å²) in [5, 5.41) is 10.2. The Morgan fingerprint density at radius 2 is 1.95 bits per heavy atom. The van der Waals surface area contributed by atoms with E-state index in [-0.39, 0.29) is 16.6 Å². The molecule has 5 unspecified atom stereocenters. The smallest absolute Gasteiger partial charge is 0.151 e. The summed E-state index contributed by atoms with van der Waals surface area (Å²) in [5.74, 6) is 1.13. The molecule has 2 heteroatoms. The number of ketones is 1. The van der Waals surface area contributed by atoms with Crippen molar-refractivity contribution in [3.63, 3.8) is 0 Å². The summed E-state index contributed by atoms with van der Waals surface area (Å²) in [7, 11) is 0. The summed E-state index contributed by atoms with van der Waals surface area (Å²) >= 11 is 0. The van der Waals surface area contributed by atoms with Gasteiger partial charge in [0, 0.05) is 5.41 Å². The van der Waals surface area contributed by atoms with Gasteiger partial charge in [0.1, 0.15) is 0 Å². The predicted molar refractivity (Wildman–Crippen MR) is 89.4 cm³/mol. The Morgan fingerprint density at radius 1 is 1.27 bits per heavy atom. The molecule has 3 aliphatic rings. The van der Waals surface area contributed by atoms with E-state index < -0.39 is 11.5 Å². The number of aliphatic hydroxyl groups excluding tert-OH is 1. The molecule has 0 radical (unpaired) electrons. The lowest BCUT2D eigenvalue weighted by atomic mass is 9.44. The fourth-order valence-corrected chi connectivity index (χ4v) is 5.41. The molecule has 22 heavy (non-hydrogen) atoms. The Morgan fingerprint density at radius 3 is 2.59 bits per heavy atom. The third kappa shape index (κ3) is 1.92. The zero-order valence-corrected chi connectivity index (χ0v) is 14.6. The Balaban J connectivity index is 2.07. The van der Waals surface area contributed by atoms with Crippen LogP contribution in [0.4, 0.5) is 0 Å². The van der Waals surface area contributed by atoms with Gasteiger partial charge >= 0.3 is 0 Å². The van der Waals surface area contributed by atoms with E-state index in [9.17, 15) is 9.90 Å². The standard InChI is InChI=1S/C20H30O2/c1-13-6-9-19(4)15(12-13)7-10-20(5)16(19)8-11-18(3,14(2)21)17(20)22/h8,11-12,14-16,21H,6-7,9-10H2,1-5H3/t14-,15?,16?,18?,19?,20?/m0/s1. The molecule has 0 aromatic carbocycles. The van der Waals surface area contributed by atoms with Gasteiger partial charge in [-0.15, -0.1) is 0 Å². The summed E-state index contributed by atoms with van der Waals surface area (Å²) in [6.07, 6.45) is 10.5. The van der Waals surface area contributed by atoms with Gasteiger partial charge in [-0.3, -0.25) is 4.79 Å². The summed E-state index contributed by atoms with van der Waals surface area (Å²) < 4.78 is 0. The molecule has 0 spiro atoms. The second kappa shape index (κ2) is 4.80. The number of carbonyl (C=O) groups excluding carboxylic acids is 1. The lowest BCUT2D eigenvalue weighted by Crippen LogP contribution is -2.58. The van der Waals surface area contributed by atoms with E-state index >= 15 is 0 Å². The van der Waals surface area contributed by atoms with Crippen LogP contribution >= 0.6 is 0 Å². The molecular formula is C20H30O2. The number of allylic oxidation sites excluding steroid dienone is 3. The largest absolute Gasteiger partial charge is 0.392 e. The molecular weight excluding hydrogens is 272 g/mol. The molecule has 2 nitrogen and oxygen atoms in total. The topological polar surface area (TPSA) is 37.3 Å². The molecule has 0 amide bonds. The van der Waals surface area contributed by atoms with Gasteiger partial charge < -0.3 is 5.11 Å². The van der Waals surface area contributed by atoms with Crippen molar-refractivity contribution in [2.24, 2.45) is 28.1 Å². The Hall–Kier alpha value is -0.890. The zero-order valence-electron chi connectivity index (χ0n) is 14.6. The zero-order chi connectivity index (χ0) is 16.3. The Kier molecular flexibility index (Phi) is 3.49. The maximum Gasteiger partial charge on any atom is 0.151 e. The van der Waals surface area contributed by atoms with Crippen molar-refractivity contribution in [3.05, 3.63) is 23.8 Å². The minimum atomic E-state index is -0.727. The van der Waals surface area contributed by atoms with E-state index in [2.05, 4.69) is 32.9 Å². The first-order valence-electron chi connectivity index (χ1n) is 8.74. The number of carbonyl (C=O) groups is 1. The summed E-state index contributed by atoms with van der Waals surface area (Å²) in [5.41, 5.74) is 0.629. The second-order valence-electron chi connectivity index (χ2n) is 8.71. The van der Waals surface area contributed by atoms with Crippen molar-refractivity contribution < 1.29 is 9.90 Å². The summed E-state index contributed by atoms with van der Waals surface area (Å²) in [6.45, 7) is 10.4. The van der Waals surface area contributed by atoms with Crippen molar-refractivity contribution >= 4 is 5.78 Å². The minimum absolute atomic E-state index is 0.179. The molecule has 122 valence electrons. The van der Waals surface area contributed by atoms with E-state index in [0.717, 1.165) is 19.3 Å². The van der Waals surface area contributed by atoms with Crippen LogP contribution in [0.2, 0.25) is 0 Å². The summed E-state index contributed by atoms with van der Waals surface area (Å²) in [4.78, 5) is 13.3. The molecule has 1 N–H and O–H groups in total. The van der Waals surface area contributed by atoms with Gasteiger partial charge in [0.2, 0.25) is 0 Å². The number of Topliss-reactive ketones (excluding diaryl/α,β-unsaturated/α-hetero) is 1. The van der Waals surface area contributed by atoms with Crippen LogP contribution in [0.25, 0.3) is 0 Å². The highest BCUT2D eigenvalue weighted by atomic mass is 16.3. The van der Waals surface area contributed by atoms with Gasteiger partial charge in [-0.1, -0.05) is 37.6 Å². The number of hydrogen-bond acceptors (Lipinski definition) is 2. The highest BCUT2D eigenvalue weighted by Crippen LogP contribution is 2.62. The number of aliphatic hydroxyl groups is 1. The van der Waals surface area contributed by atoms with Gasteiger partial charge in [0.15, 0.2) is 5.78 Å². The fraction of sp³-hybridized carbons (Fsp3) is 0.750. The van der Waals surface area contributed by atoms with Crippen molar-refractivity contribution in [1.29, 1.82) is 0 Å². The molecule has 0 saturated heterocycles. The van der Waals surface area contributed by atoms with Gasteiger partial charge in [-0.05, 0) is 63.7 Å². The number of hydrogen-bond donors (Lipinski definition) is 1.